The van der Waals surface area contributed by atoms with E-state index in [1.807, 2.05) is 24.3 Å². The van der Waals surface area contributed by atoms with Crippen LogP contribution in [0.15, 0.2) is 24.3 Å². The van der Waals surface area contributed by atoms with Gasteiger partial charge in [-0.1, -0.05) is 36.2 Å². The molecular formula is C17H26ClN3O2. The molecular weight excluding hydrogens is 314 g/mol. The van der Waals surface area contributed by atoms with Crippen molar-refractivity contribution in [2.75, 3.05) is 33.3 Å². The van der Waals surface area contributed by atoms with Gasteiger partial charge in [-0.15, -0.1) is 0 Å². The molecule has 1 aromatic rings. The zero-order chi connectivity index (χ0) is 16.7. The number of aliphatic hydroxyl groups excluding tert-OH is 1. The van der Waals surface area contributed by atoms with Crippen LogP contribution in [-0.2, 0) is 6.54 Å². The van der Waals surface area contributed by atoms with Crippen LogP contribution in [0.4, 0.5) is 4.79 Å². The first-order valence-electron chi connectivity index (χ1n) is 8.19. The van der Waals surface area contributed by atoms with Gasteiger partial charge >= 0.3 is 6.03 Å². The fraction of sp³-hybridized carbons (Fsp3) is 0.588. The number of piperidine rings is 1. The van der Waals surface area contributed by atoms with E-state index in [4.69, 9.17) is 11.6 Å². The number of nitrogens with zero attached hydrogens (tertiary/aromatic N) is 2. The van der Waals surface area contributed by atoms with Crippen LogP contribution in [0.3, 0.4) is 0 Å². The summed E-state index contributed by atoms with van der Waals surface area (Å²) >= 11 is 6.12. The molecule has 1 heterocycles. The van der Waals surface area contributed by atoms with E-state index in [1.165, 1.54) is 6.42 Å². The van der Waals surface area contributed by atoms with Gasteiger partial charge < -0.3 is 15.3 Å². The predicted molar refractivity (Wildman–Crippen MR) is 92.6 cm³/mol. The fourth-order valence-electron chi connectivity index (χ4n) is 2.96. The van der Waals surface area contributed by atoms with E-state index < -0.39 is 0 Å². The van der Waals surface area contributed by atoms with Crippen molar-refractivity contribution in [1.29, 1.82) is 0 Å². The highest BCUT2D eigenvalue weighted by Crippen LogP contribution is 2.17. The summed E-state index contributed by atoms with van der Waals surface area (Å²) in [6.45, 7) is 3.03. The second-order valence-electron chi connectivity index (χ2n) is 6.05. The summed E-state index contributed by atoms with van der Waals surface area (Å²) in [5.74, 6) is 0. The lowest BCUT2D eigenvalue weighted by Gasteiger charge is -2.34. The molecule has 2 N–H and O–H groups in total. The van der Waals surface area contributed by atoms with Crippen molar-refractivity contribution in [3.05, 3.63) is 34.9 Å². The molecule has 1 fully saturated rings. The van der Waals surface area contributed by atoms with Crippen LogP contribution in [0.1, 0.15) is 24.8 Å². The van der Waals surface area contributed by atoms with Gasteiger partial charge in [-0.2, -0.15) is 0 Å². The topological polar surface area (TPSA) is 55.8 Å². The number of aliphatic hydroxyl groups is 1. The number of likely N-dealkylation sites (tertiary alicyclic amines) is 1. The Balaban J connectivity index is 1.74. The second-order valence-corrected chi connectivity index (χ2v) is 6.45. The van der Waals surface area contributed by atoms with Crippen molar-refractivity contribution in [2.45, 2.75) is 31.8 Å². The molecule has 0 spiro atoms. The van der Waals surface area contributed by atoms with Crippen molar-refractivity contribution in [3.63, 3.8) is 0 Å². The largest absolute Gasteiger partial charge is 0.395 e. The van der Waals surface area contributed by atoms with E-state index in [2.05, 4.69) is 10.2 Å². The molecule has 0 aromatic heterocycles. The molecule has 0 bridgehead atoms. The lowest BCUT2D eigenvalue weighted by molar-refractivity contribution is 0.0911. The smallest absolute Gasteiger partial charge is 0.317 e. The van der Waals surface area contributed by atoms with Crippen LogP contribution >= 0.6 is 11.6 Å². The molecule has 0 unspecified atom stereocenters. The number of urea groups is 1. The summed E-state index contributed by atoms with van der Waals surface area (Å²) in [7, 11) is 1.76. The van der Waals surface area contributed by atoms with Crippen molar-refractivity contribution in [1.82, 2.24) is 15.1 Å². The van der Waals surface area contributed by atoms with Gasteiger partial charge in [-0.05, 0) is 31.0 Å². The van der Waals surface area contributed by atoms with Crippen LogP contribution in [0.25, 0.3) is 0 Å². The van der Waals surface area contributed by atoms with Gasteiger partial charge in [0.1, 0.15) is 0 Å². The third kappa shape index (κ3) is 5.37. The van der Waals surface area contributed by atoms with Crippen molar-refractivity contribution in [2.24, 2.45) is 0 Å². The molecule has 128 valence electrons. The Morgan fingerprint density at radius 1 is 1.43 bits per heavy atom. The number of nitrogens with one attached hydrogen (secondary N) is 1. The van der Waals surface area contributed by atoms with Crippen molar-refractivity contribution >= 4 is 17.6 Å². The first-order valence-corrected chi connectivity index (χ1v) is 8.57. The number of carbonyl (C=O) groups is 1. The van der Waals surface area contributed by atoms with Gasteiger partial charge in [-0.3, -0.25) is 4.90 Å². The minimum atomic E-state index is -0.109. The first kappa shape index (κ1) is 18.0. The van der Waals surface area contributed by atoms with Crippen LogP contribution in [0.2, 0.25) is 5.02 Å². The highest BCUT2D eigenvalue weighted by Gasteiger charge is 2.21. The SMILES string of the molecule is CN(Cc1ccccc1Cl)C(=O)NCCN1CCCC[C@@H]1CO. The van der Waals surface area contributed by atoms with E-state index in [9.17, 15) is 9.90 Å². The third-order valence-corrected chi connectivity index (χ3v) is 4.72. The summed E-state index contributed by atoms with van der Waals surface area (Å²) in [6.07, 6.45) is 3.38. The first-order chi connectivity index (χ1) is 11.1. The molecule has 1 saturated heterocycles. The molecule has 5 nitrogen and oxygen atoms in total. The molecule has 0 radical (unpaired) electrons. The molecule has 0 saturated carbocycles. The van der Waals surface area contributed by atoms with Gasteiger partial charge in [0.15, 0.2) is 0 Å². The van der Waals surface area contributed by atoms with E-state index in [-0.39, 0.29) is 18.7 Å². The minimum absolute atomic E-state index is 0.109. The highest BCUT2D eigenvalue weighted by atomic mass is 35.5. The molecule has 2 amide bonds. The normalized spacial score (nSPS) is 18.7. The maximum atomic E-state index is 12.2. The van der Waals surface area contributed by atoms with Gasteiger partial charge in [0.05, 0.1) is 6.61 Å². The molecule has 23 heavy (non-hydrogen) atoms. The number of halogens is 1. The van der Waals surface area contributed by atoms with Gasteiger partial charge in [-0.25, -0.2) is 4.79 Å². The van der Waals surface area contributed by atoms with Gasteiger partial charge in [0, 0.05) is 37.7 Å². The Kier molecular flexibility index (Phi) is 7.15. The number of carbonyl (C=O) groups excluding carboxylic acids is 1. The van der Waals surface area contributed by atoms with E-state index in [0.717, 1.165) is 31.5 Å². The maximum absolute atomic E-state index is 12.2. The molecule has 1 atom stereocenters. The molecule has 2 rings (SSSR count). The molecule has 1 aliphatic heterocycles. The number of rotatable bonds is 6. The lowest BCUT2D eigenvalue weighted by atomic mass is 10.0. The van der Waals surface area contributed by atoms with Crippen LogP contribution in [0.5, 0.6) is 0 Å². The Bertz CT molecular complexity index is 512. The zero-order valence-corrected chi connectivity index (χ0v) is 14.4. The Labute approximate surface area is 143 Å². The predicted octanol–water partition coefficient (Wildman–Crippen LogP) is 2.33. The summed E-state index contributed by atoms with van der Waals surface area (Å²) in [6, 6.07) is 7.67. The second kappa shape index (κ2) is 9.11. The summed E-state index contributed by atoms with van der Waals surface area (Å²) in [5, 5.41) is 13.0. The number of amides is 2. The summed E-state index contributed by atoms with van der Waals surface area (Å²) < 4.78 is 0. The average molecular weight is 340 g/mol. The standard InChI is InChI=1S/C17H26ClN3O2/c1-20(12-14-6-2-3-8-16(14)18)17(23)19-9-11-21-10-5-4-7-15(21)13-22/h2-3,6,8,15,22H,4-5,7,9-13H2,1H3,(H,19,23)/t15-/m1/s1. The lowest BCUT2D eigenvalue weighted by Crippen LogP contribution is -2.47. The molecule has 6 heteroatoms. The minimum Gasteiger partial charge on any atom is -0.395 e. The van der Waals surface area contributed by atoms with E-state index in [1.54, 1.807) is 11.9 Å². The van der Waals surface area contributed by atoms with Crippen LogP contribution in [-0.4, -0.2) is 60.3 Å². The number of hydrogen-bond acceptors (Lipinski definition) is 3. The third-order valence-electron chi connectivity index (χ3n) is 4.35. The highest BCUT2D eigenvalue weighted by molar-refractivity contribution is 6.31. The Hall–Kier alpha value is -1.30. The monoisotopic (exact) mass is 339 g/mol. The van der Waals surface area contributed by atoms with Crippen LogP contribution < -0.4 is 5.32 Å². The average Bonchev–Trinajstić information content (AvgIpc) is 2.57. The van der Waals surface area contributed by atoms with E-state index >= 15 is 0 Å². The van der Waals surface area contributed by atoms with Gasteiger partial charge in [0.25, 0.3) is 0 Å². The number of benzene rings is 1. The Morgan fingerprint density at radius 2 is 2.22 bits per heavy atom. The quantitative estimate of drug-likeness (QED) is 0.836. The van der Waals surface area contributed by atoms with E-state index in [0.29, 0.717) is 18.1 Å². The van der Waals surface area contributed by atoms with Gasteiger partial charge in [0.2, 0.25) is 0 Å². The summed E-state index contributed by atoms with van der Waals surface area (Å²) in [5.41, 5.74) is 0.934. The van der Waals surface area contributed by atoms with Crippen molar-refractivity contribution in [3.8, 4) is 0 Å². The van der Waals surface area contributed by atoms with Crippen LogP contribution in [0, 0.1) is 0 Å². The maximum Gasteiger partial charge on any atom is 0.317 e. The molecule has 0 aliphatic carbocycles. The fourth-order valence-corrected chi connectivity index (χ4v) is 3.15. The van der Waals surface area contributed by atoms with Crippen molar-refractivity contribution < 1.29 is 9.90 Å². The Morgan fingerprint density at radius 3 is 2.96 bits per heavy atom. The zero-order valence-electron chi connectivity index (χ0n) is 13.7. The number of hydrogen-bond donors (Lipinski definition) is 2. The summed E-state index contributed by atoms with van der Waals surface area (Å²) in [4.78, 5) is 16.0. The molecule has 1 aliphatic rings. The molecule has 1 aromatic carbocycles.